The van der Waals surface area contributed by atoms with Gasteiger partial charge in [-0.2, -0.15) is 0 Å². The fourth-order valence-electron chi connectivity index (χ4n) is 6.50. The normalized spacial score (nSPS) is 27.0. The molecule has 2 saturated carbocycles. The maximum Gasteiger partial charge on any atom is 0.308 e. The largest absolute Gasteiger partial charge is 0.460 e. The first-order chi connectivity index (χ1) is 16.7. The maximum atomic E-state index is 13.3. The zero-order chi connectivity index (χ0) is 22.8. The number of benzene rings is 2. The Morgan fingerprint density at radius 2 is 1.76 bits per heavy atom. The molecule has 0 radical (unpaired) electrons. The summed E-state index contributed by atoms with van der Waals surface area (Å²) in [6.45, 7) is 0.625. The summed E-state index contributed by atoms with van der Waals surface area (Å²) in [5, 5.41) is 2.41. The first-order valence-corrected chi connectivity index (χ1v) is 14.0. The van der Waals surface area contributed by atoms with Crippen LogP contribution in [0.2, 0.25) is 5.02 Å². The lowest BCUT2D eigenvalue weighted by Crippen LogP contribution is -2.34. The van der Waals surface area contributed by atoms with Gasteiger partial charge in [0.2, 0.25) is 0 Å². The molecule has 3 nitrogen and oxygen atoms in total. The summed E-state index contributed by atoms with van der Waals surface area (Å²) in [6, 6.07) is 22.3. The molecule has 0 amide bonds. The van der Waals surface area contributed by atoms with Crippen LogP contribution in [0, 0.1) is 17.8 Å². The summed E-state index contributed by atoms with van der Waals surface area (Å²) in [5.74, 6) is 3.92. The summed E-state index contributed by atoms with van der Waals surface area (Å²) < 4.78 is 8.54. The van der Waals surface area contributed by atoms with Crippen molar-refractivity contribution in [3.8, 4) is 11.3 Å². The summed E-state index contributed by atoms with van der Waals surface area (Å²) in [7, 11) is 0. The first-order valence-electron chi connectivity index (χ1n) is 12.0. The van der Waals surface area contributed by atoms with E-state index in [1.165, 1.54) is 35.5 Å². The molecule has 2 aliphatic carbocycles. The number of fused-ring (bicyclic) bond motifs is 6. The zero-order valence-corrected chi connectivity index (χ0v) is 20.9. The number of aromatic nitrogens is 1. The monoisotopic (exact) mass is 505 g/mol. The van der Waals surface area contributed by atoms with E-state index in [-0.39, 0.29) is 10.8 Å². The molecule has 2 fully saturated rings. The third-order valence-electron chi connectivity index (χ3n) is 7.95. The van der Waals surface area contributed by atoms with Gasteiger partial charge in [0.25, 0.3) is 0 Å². The minimum absolute atomic E-state index is 0.136. The fraction of sp³-hybridized carbons (Fsp3) is 0.321. The Morgan fingerprint density at radius 3 is 2.62 bits per heavy atom. The van der Waals surface area contributed by atoms with Gasteiger partial charge in [-0.15, -0.1) is 11.8 Å². The third kappa shape index (κ3) is 3.28. The molecule has 1 aliphatic heterocycles. The van der Waals surface area contributed by atoms with Crippen molar-refractivity contribution in [3.05, 3.63) is 97.6 Å². The van der Waals surface area contributed by atoms with Crippen LogP contribution in [0.25, 0.3) is 11.3 Å². The molecule has 3 aliphatic rings. The van der Waals surface area contributed by atoms with Gasteiger partial charge in [-0.05, 0) is 66.8 Å². The molecular formula is C28H24ClNO2S2. The average molecular weight is 506 g/mol. The lowest BCUT2D eigenvalue weighted by atomic mass is 9.77. The van der Waals surface area contributed by atoms with E-state index in [0.29, 0.717) is 28.7 Å². The van der Waals surface area contributed by atoms with Gasteiger partial charge in [-0.3, -0.25) is 9.36 Å². The van der Waals surface area contributed by atoms with Gasteiger partial charge in [0, 0.05) is 10.8 Å². The lowest BCUT2D eigenvalue weighted by Gasteiger charge is -2.39. The van der Waals surface area contributed by atoms with E-state index in [1.807, 2.05) is 64.9 Å². The van der Waals surface area contributed by atoms with Gasteiger partial charge in [0.15, 0.2) is 0 Å². The molecule has 0 spiro atoms. The van der Waals surface area contributed by atoms with Crippen LogP contribution in [-0.4, -0.2) is 9.82 Å². The average Bonchev–Trinajstić information content (AvgIpc) is 3.64. The molecule has 5 atom stereocenters. The Labute approximate surface area is 211 Å². The summed E-state index contributed by atoms with van der Waals surface area (Å²) in [6.07, 6.45) is 3.93. The number of nitrogens with zero attached hydrogens (tertiary/aromatic N) is 1. The van der Waals surface area contributed by atoms with Crippen LogP contribution in [0.3, 0.4) is 0 Å². The lowest BCUT2D eigenvalue weighted by molar-refractivity contribution is 0.283. The van der Waals surface area contributed by atoms with Crippen LogP contribution in [0.5, 0.6) is 0 Å². The number of thioether (sulfide) groups is 1. The Kier molecular flexibility index (Phi) is 5.08. The van der Waals surface area contributed by atoms with Crippen molar-refractivity contribution >= 4 is 34.7 Å². The standard InChI is InChI=1S/C28H24ClNO2S2/c29-20-9-5-4-8-19(20)21-12-13-22(32-21)24-23-17-10-11-18(14-17)25(23)33-27-26(24)34-28(31)30(27)15-16-6-2-1-3-7-16/h1-9,12-13,17-18,23-25H,10-11,14-15H2/t17-,18+,23+,24-,25+/m1/s1. The van der Waals surface area contributed by atoms with Crippen molar-refractivity contribution in [2.24, 2.45) is 17.8 Å². The second-order valence-electron chi connectivity index (χ2n) is 9.76. The quantitative estimate of drug-likeness (QED) is 0.287. The first kappa shape index (κ1) is 21.1. The van der Waals surface area contributed by atoms with Gasteiger partial charge in [0.05, 0.1) is 27.4 Å². The van der Waals surface area contributed by atoms with Crippen molar-refractivity contribution in [2.75, 3.05) is 0 Å². The van der Waals surface area contributed by atoms with E-state index in [4.69, 9.17) is 16.0 Å². The molecule has 3 heterocycles. The van der Waals surface area contributed by atoms with Gasteiger partial charge >= 0.3 is 4.87 Å². The zero-order valence-electron chi connectivity index (χ0n) is 18.5. The molecule has 0 N–H and O–H groups in total. The summed E-state index contributed by atoms with van der Waals surface area (Å²) >= 11 is 9.87. The number of thiazole rings is 1. The highest BCUT2D eigenvalue weighted by Crippen LogP contribution is 2.64. The van der Waals surface area contributed by atoms with Crippen LogP contribution in [0.4, 0.5) is 0 Å². The fourth-order valence-corrected chi connectivity index (χ4v) is 9.86. The number of halogens is 1. The molecule has 34 heavy (non-hydrogen) atoms. The van der Waals surface area contributed by atoms with Crippen molar-refractivity contribution in [1.82, 2.24) is 4.57 Å². The molecule has 172 valence electrons. The maximum absolute atomic E-state index is 13.3. The molecule has 6 heteroatoms. The molecular weight excluding hydrogens is 482 g/mol. The highest BCUT2D eigenvalue weighted by molar-refractivity contribution is 8.00. The van der Waals surface area contributed by atoms with Crippen molar-refractivity contribution < 1.29 is 4.42 Å². The van der Waals surface area contributed by atoms with Crippen molar-refractivity contribution in [3.63, 3.8) is 0 Å². The molecule has 0 saturated heterocycles. The predicted octanol–water partition coefficient (Wildman–Crippen LogP) is 7.52. The van der Waals surface area contributed by atoms with Crippen LogP contribution in [0.1, 0.15) is 41.4 Å². The Balaban J connectivity index is 1.35. The van der Waals surface area contributed by atoms with Crippen molar-refractivity contribution in [1.29, 1.82) is 0 Å². The Hall–Kier alpha value is -2.21. The molecule has 4 aromatic rings. The van der Waals surface area contributed by atoms with Gasteiger partial charge in [-0.25, -0.2) is 0 Å². The van der Waals surface area contributed by atoms with E-state index in [9.17, 15) is 4.79 Å². The third-order valence-corrected chi connectivity index (χ3v) is 11.1. The van der Waals surface area contributed by atoms with Crippen LogP contribution in [-0.2, 0) is 6.54 Å². The molecule has 7 rings (SSSR count). The number of furan rings is 1. The highest BCUT2D eigenvalue weighted by atomic mass is 35.5. The predicted molar refractivity (Wildman–Crippen MR) is 139 cm³/mol. The van der Waals surface area contributed by atoms with Crippen molar-refractivity contribution in [2.45, 2.75) is 42.0 Å². The second kappa shape index (κ2) is 8.18. The van der Waals surface area contributed by atoms with Gasteiger partial charge in [0.1, 0.15) is 11.5 Å². The molecule has 2 aromatic heterocycles. The van der Waals surface area contributed by atoms with E-state index in [2.05, 4.69) is 18.2 Å². The summed E-state index contributed by atoms with van der Waals surface area (Å²) in [5.41, 5.74) is 2.08. The van der Waals surface area contributed by atoms with Gasteiger partial charge < -0.3 is 4.42 Å². The van der Waals surface area contributed by atoms with E-state index in [1.54, 1.807) is 0 Å². The minimum Gasteiger partial charge on any atom is -0.460 e. The molecule has 0 unspecified atom stereocenters. The number of hydrogen-bond donors (Lipinski definition) is 0. The SMILES string of the molecule is O=c1sc2c(n1Cc1ccccc1)S[C@H]1[C@H]3CC[C@H](C3)[C@H]1[C@H]2c1ccc(-c2ccccc2Cl)o1. The highest BCUT2D eigenvalue weighted by Gasteiger charge is 2.56. The number of hydrogen-bond acceptors (Lipinski definition) is 4. The Morgan fingerprint density at radius 1 is 0.971 bits per heavy atom. The van der Waals surface area contributed by atoms with Gasteiger partial charge in [-0.1, -0.05) is 65.4 Å². The summed E-state index contributed by atoms with van der Waals surface area (Å²) in [4.78, 5) is 14.6. The number of rotatable bonds is 4. The minimum atomic E-state index is 0.136. The van der Waals surface area contributed by atoms with E-state index in [0.717, 1.165) is 33.6 Å². The topological polar surface area (TPSA) is 35.1 Å². The van der Waals surface area contributed by atoms with Crippen LogP contribution < -0.4 is 4.87 Å². The molecule has 2 bridgehead atoms. The Bertz CT molecular complexity index is 1420. The molecule has 2 aromatic carbocycles. The smallest absolute Gasteiger partial charge is 0.308 e. The van der Waals surface area contributed by atoms with Crippen LogP contribution >= 0.6 is 34.7 Å². The van der Waals surface area contributed by atoms with E-state index < -0.39 is 0 Å². The second-order valence-corrected chi connectivity index (χ2v) is 12.3. The van der Waals surface area contributed by atoms with Crippen LogP contribution in [0.15, 0.2) is 81.0 Å². The van der Waals surface area contributed by atoms with E-state index >= 15 is 0 Å².